The molecule has 0 atom stereocenters. The monoisotopic (exact) mass is 279 g/mol. The van der Waals surface area contributed by atoms with Crippen molar-refractivity contribution >= 4 is 11.6 Å². The van der Waals surface area contributed by atoms with Crippen molar-refractivity contribution in [3.8, 4) is 18.1 Å². The molecule has 0 aromatic heterocycles. The Morgan fingerprint density at radius 1 is 1.24 bits per heavy atom. The molecule has 0 aliphatic heterocycles. The van der Waals surface area contributed by atoms with Crippen molar-refractivity contribution in [3.63, 3.8) is 0 Å². The van der Waals surface area contributed by atoms with Crippen LogP contribution in [0, 0.1) is 26.2 Å². The second-order valence-corrected chi connectivity index (χ2v) is 4.83. The van der Waals surface area contributed by atoms with Crippen molar-refractivity contribution in [1.82, 2.24) is 0 Å². The molecule has 106 valence electrons. The van der Waals surface area contributed by atoms with Gasteiger partial charge in [-0.25, -0.2) is 0 Å². The topological polar surface area (TPSA) is 38.3 Å². The molecule has 21 heavy (non-hydrogen) atoms. The molecule has 2 aromatic carbocycles. The third-order valence-corrected chi connectivity index (χ3v) is 3.02. The van der Waals surface area contributed by atoms with E-state index in [1.807, 2.05) is 38.1 Å². The van der Waals surface area contributed by atoms with Crippen molar-refractivity contribution in [1.29, 1.82) is 0 Å². The Labute approximate surface area is 125 Å². The molecule has 1 amide bonds. The molecule has 1 N–H and O–H groups in total. The molecular weight excluding hydrogens is 262 g/mol. The maximum absolute atomic E-state index is 11.9. The van der Waals surface area contributed by atoms with E-state index in [0.29, 0.717) is 5.69 Å². The number of amides is 1. The highest BCUT2D eigenvalue weighted by Gasteiger charge is 2.06. The van der Waals surface area contributed by atoms with E-state index in [0.717, 1.165) is 22.4 Å². The highest BCUT2D eigenvalue weighted by Crippen LogP contribution is 2.19. The molecule has 0 fully saturated rings. The van der Waals surface area contributed by atoms with E-state index >= 15 is 0 Å². The Hall–Kier alpha value is -2.73. The van der Waals surface area contributed by atoms with Gasteiger partial charge in [0.15, 0.2) is 6.61 Å². The second kappa shape index (κ2) is 6.62. The Kier molecular flexibility index (Phi) is 4.63. The fourth-order valence-electron chi connectivity index (χ4n) is 1.89. The molecule has 0 bridgehead atoms. The average molecular weight is 279 g/mol. The number of anilines is 1. The second-order valence-electron chi connectivity index (χ2n) is 4.83. The summed E-state index contributed by atoms with van der Waals surface area (Å²) >= 11 is 0. The first-order chi connectivity index (χ1) is 10.1. The van der Waals surface area contributed by atoms with E-state index in [-0.39, 0.29) is 12.5 Å². The van der Waals surface area contributed by atoms with E-state index in [4.69, 9.17) is 11.2 Å². The van der Waals surface area contributed by atoms with Gasteiger partial charge in [-0.3, -0.25) is 4.79 Å². The number of terminal acetylenes is 1. The number of carbonyl (C=O) groups is 1. The van der Waals surface area contributed by atoms with Crippen LogP contribution in [0.4, 0.5) is 5.69 Å². The van der Waals surface area contributed by atoms with Crippen LogP contribution >= 0.6 is 0 Å². The van der Waals surface area contributed by atoms with Crippen LogP contribution in [0.25, 0.3) is 0 Å². The summed E-state index contributed by atoms with van der Waals surface area (Å²) in [6, 6.07) is 13.0. The molecule has 0 saturated carbocycles. The number of hydrogen-bond acceptors (Lipinski definition) is 2. The van der Waals surface area contributed by atoms with E-state index in [1.54, 1.807) is 18.2 Å². The quantitative estimate of drug-likeness (QED) is 0.872. The van der Waals surface area contributed by atoms with Crippen LogP contribution in [0.5, 0.6) is 5.75 Å². The highest BCUT2D eigenvalue weighted by molar-refractivity contribution is 5.92. The zero-order valence-electron chi connectivity index (χ0n) is 12.1. The first-order valence-corrected chi connectivity index (χ1v) is 6.65. The summed E-state index contributed by atoms with van der Waals surface area (Å²) in [5.41, 5.74) is 3.49. The molecule has 0 radical (unpaired) electrons. The van der Waals surface area contributed by atoms with Crippen LogP contribution in [-0.4, -0.2) is 12.5 Å². The molecule has 3 nitrogen and oxygen atoms in total. The van der Waals surface area contributed by atoms with Crippen LogP contribution < -0.4 is 10.1 Å². The Morgan fingerprint density at radius 3 is 2.81 bits per heavy atom. The van der Waals surface area contributed by atoms with Crippen molar-refractivity contribution in [2.45, 2.75) is 13.8 Å². The number of carbonyl (C=O) groups excluding carboxylic acids is 1. The minimum Gasteiger partial charge on any atom is -0.483 e. The van der Waals surface area contributed by atoms with E-state index in [9.17, 15) is 4.79 Å². The van der Waals surface area contributed by atoms with Gasteiger partial charge in [-0.05, 0) is 49.2 Å². The third kappa shape index (κ3) is 4.12. The van der Waals surface area contributed by atoms with Gasteiger partial charge in [0.05, 0.1) is 0 Å². The van der Waals surface area contributed by atoms with Crippen LogP contribution in [0.15, 0.2) is 42.5 Å². The number of aryl methyl sites for hydroxylation is 2. The van der Waals surface area contributed by atoms with E-state index in [2.05, 4.69) is 11.2 Å². The Bertz CT molecular complexity index is 699. The standard InChI is InChI=1S/C18H17NO2/c1-4-15-6-5-7-16(11-15)19-18(20)12-21-17-10-13(2)8-9-14(17)3/h1,5-11H,12H2,2-3H3,(H,19,20). The largest absolute Gasteiger partial charge is 0.483 e. The predicted molar refractivity (Wildman–Crippen MR) is 84.4 cm³/mol. The lowest BCUT2D eigenvalue weighted by molar-refractivity contribution is -0.118. The molecule has 0 aliphatic carbocycles. The number of hydrogen-bond donors (Lipinski definition) is 1. The zero-order chi connectivity index (χ0) is 15.2. The summed E-state index contributed by atoms with van der Waals surface area (Å²) in [6.45, 7) is 3.89. The highest BCUT2D eigenvalue weighted by atomic mass is 16.5. The van der Waals surface area contributed by atoms with Crippen LogP contribution in [0.1, 0.15) is 16.7 Å². The molecule has 0 unspecified atom stereocenters. The summed E-state index contributed by atoms with van der Waals surface area (Å²) in [5.74, 6) is 3.04. The first kappa shape index (κ1) is 14.7. The van der Waals surface area contributed by atoms with Crippen LogP contribution in [-0.2, 0) is 4.79 Å². The lowest BCUT2D eigenvalue weighted by atomic mass is 10.1. The number of rotatable bonds is 4. The van der Waals surface area contributed by atoms with E-state index < -0.39 is 0 Å². The number of nitrogens with one attached hydrogen (secondary N) is 1. The molecule has 0 spiro atoms. The van der Waals surface area contributed by atoms with Gasteiger partial charge in [-0.1, -0.05) is 24.1 Å². The smallest absolute Gasteiger partial charge is 0.262 e. The van der Waals surface area contributed by atoms with Gasteiger partial charge in [-0.2, -0.15) is 0 Å². The maximum atomic E-state index is 11.9. The lowest BCUT2D eigenvalue weighted by Crippen LogP contribution is -2.20. The molecular formula is C18H17NO2. The van der Waals surface area contributed by atoms with Crippen molar-refractivity contribution in [3.05, 3.63) is 59.2 Å². The first-order valence-electron chi connectivity index (χ1n) is 6.65. The van der Waals surface area contributed by atoms with Crippen molar-refractivity contribution in [2.75, 3.05) is 11.9 Å². The lowest BCUT2D eigenvalue weighted by Gasteiger charge is -2.10. The van der Waals surface area contributed by atoms with Gasteiger partial charge in [-0.15, -0.1) is 6.42 Å². The number of benzene rings is 2. The van der Waals surface area contributed by atoms with Gasteiger partial charge in [0, 0.05) is 11.3 Å². The number of ether oxygens (including phenoxy) is 1. The summed E-state index contributed by atoms with van der Waals surface area (Å²) in [6.07, 6.45) is 5.33. The van der Waals surface area contributed by atoms with Gasteiger partial charge in [0.1, 0.15) is 5.75 Å². The van der Waals surface area contributed by atoms with Crippen LogP contribution in [0.3, 0.4) is 0 Å². The van der Waals surface area contributed by atoms with Crippen LogP contribution in [0.2, 0.25) is 0 Å². The molecule has 0 aliphatic rings. The van der Waals surface area contributed by atoms with Gasteiger partial charge >= 0.3 is 0 Å². The SMILES string of the molecule is C#Cc1cccc(NC(=O)COc2cc(C)ccc2C)c1. The fourth-order valence-corrected chi connectivity index (χ4v) is 1.89. The van der Waals surface area contributed by atoms with Crippen molar-refractivity contribution < 1.29 is 9.53 Å². The summed E-state index contributed by atoms with van der Waals surface area (Å²) in [5, 5.41) is 2.76. The summed E-state index contributed by atoms with van der Waals surface area (Å²) < 4.78 is 5.56. The predicted octanol–water partition coefficient (Wildman–Crippen LogP) is 3.30. The zero-order valence-corrected chi connectivity index (χ0v) is 12.1. The average Bonchev–Trinajstić information content (AvgIpc) is 2.48. The normalized spacial score (nSPS) is 9.76. The van der Waals surface area contributed by atoms with Crippen molar-refractivity contribution in [2.24, 2.45) is 0 Å². The van der Waals surface area contributed by atoms with E-state index in [1.165, 1.54) is 0 Å². The summed E-state index contributed by atoms with van der Waals surface area (Å²) in [4.78, 5) is 11.9. The maximum Gasteiger partial charge on any atom is 0.262 e. The fraction of sp³-hybridized carbons (Fsp3) is 0.167. The van der Waals surface area contributed by atoms with Gasteiger partial charge < -0.3 is 10.1 Å². The minimum atomic E-state index is -0.218. The minimum absolute atomic E-state index is 0.0371. The Balaban J connectivity index is 1.96. The molecule has 0 saturated heterocycles. The third-order valence-electron chi connectivity index (χ3n) is 3.02. The van der Waals surface area contributed by atoms with Gasteiger partial charge in [0.25, 0.3) is 5.91 Å². The Morgan fingerprint density at radius 2 is 2.05 bits per heavy atom. The van der Waals surface area contributed by atoms with Gasteiger partial charge in [0.2, 0.25) is 0 Å². The molecule has 3 heteroatoms. The molecule has 0 heterocycles. The summed E-state index contributed by atoms with van der Waals surface area (Å²) in [7, 11) is 0. The molecule has 2 rings (SSSR count). The molecule has 2 aromatic rings.